The molecule has 6 heteroatoms. The van der Waals surface area contributed by atoms with E-state index in [0.717, 1.165) is 39.9 Å². The summed E-state index contributed by atoms with van der Waals surface area (Å²) in [5.41, 5.74) is 4.40. The van der Waals surface area contributed by atoms with E-state index in [-0.39, 0.29) is 5.56 Å². The summed E-state index contributed by atoms with van der Waals surface area (Å²) < 4.78 is 40.8. The number of H-pyrrole nitrogens is 1. The molecule has 4 aromatic rings. The Labute approximate surface area is 183 Å². The van der Waals surface area contributed by atoms with Crippen LogP contribution in [0.15, 0.2) is 59.5 Å². The molecule has 1 N–H and O–H groups in total. The predicted molar refractivity (Wildman–Crippen MR) is 122 cm³/mol. The highest BCUT2D eigenvalue weighted by Crippen LogP contribution is 2.40. The number of rotatable bonds is 5. The summed E-state index contributed by atoms with van der Waals surface area (Å²) in [6.45, 7) is 5.82. The zero-order chi connectivity index (χ0) is 22.2. The number of halogens is 3. The van der Waals surface area contributed by atoms with Crippen LogP contribution in [0.4, 0.5) is 13.2 Å². The van der Waals surface area contributed by atoms with Gasteiger partial charge >= 0.3 is 6.18 Å². The Morgan fingerprint density at radius 1 is 1.00 bits per heavy atom. The maximum atomic E-state index is 13.6. The summed E-state index contributed by atoms with van der Waals surface area (Å²) in [4.78, 5) is 9.33. The number of benzene rings is 3. The van der Waals surface area contributed by atoms with Crippen molar-refractivity contribution in [3.8, 4) is 11.1 Å². The number of fused-ring (bicyclic) bond motifs is 1. The van der Waals surface area contributed by atoms with Gasteiger partial charge in [-0.25, -0.2) is 4.98 Å². The van der Waals surface area contributed by atoms with Gasteiger partial charge in [-0.05, 0) is 71.7 Å². The lowest BCUT2D eigenvalue weighted by atomic mass is 9.91. The third-order valence-corrected chi connectivity index (χ3v) is 6.27. The second-order valence-corrected chi connectivity index (χ2v) is 8.91. The lowest BCUT2D eigenvalue weighted by Gasteiger charge is -2.17. The molecule has 0 spiro atoms. The minimum Gasteiger partial charge on any atom is -0.342 e. The van der Waals surface area contributed by atoms with Crippen LogP contribution in [0.25, 0.3) is 22.2 Å². The maximum absolute atomic E-state index is 13.6. The van der Waals surface area contributed by atoms with E-state index in [4.69, 9.17) is 4.98 Å². The van der Waals surface area contributed by atoms with Crippen molar-refractivity contribution >= 4 is 22.8 Å². The minimum atomic E-state index is -4.41. The first kappa shape index (κ1) is 21.5. The molecule has 0 saturated carbocycles. The molecule has 0 bridgehead atoms. The molecule has 0 amide bonds. The largest absolute Gasteiger partial charge is 0.417 e. The normalized spacial score (nSPS) is 11.9. The number of aryl methyl sites for hydroxylation is 2. The van der Waals surface area contributed by atoms with Gasteiger partial charge < -0.3 is 4.98 Å². The molecular formula is C25H23F3N2S. The molecule has 160 valence electrons. The number of imidazole rings is 1. The SMILES string of the molecule is CCSc1ccc(Cc2nc3c(C)c(-c4ccccc4C(F)(F)F)c(C)cc3[nH]2)cc1. The fourth-order valence-corrected chi connectivity index (χ4v) is 4.70. The van der Waals surface area contributed by atoms with Gasteiger partial charge in [0.05, 0.1) is 16.6 Å². The van der Waals surface area contributed by atoms with Crippen molar-refractivity contribution in [3.63, 3.8) is 0 Å². The van der Waals surface area contributed by atoms with E-state index in [1.165, 1.54) is 17.0 Å². The Morgan fingerprint density at radius 2 is 1.71 bits per heavy atom. The van der Waals surface area contributed by atoms with E-state index in [9.17, 15) is 13.2 Å². The molecule has 0 aliphatic carbocycles. The van der Waals surface area contributed by atoms with Gasteiger partial charge in [0.25, 0.3) is 0 Å². The highest BCUT2D eigenvalue weighted by Gasteiger charge is 2.34. The van der Waals surface area contributed by atoms with E-state index in [2.05, 4.69) is 36.2 Å². The van der Waals surface area contributed by atoms with Crippen molar-refractivity contribution in [3.05, 3.63) is 82.7 Å². The molecule has 3 aromatic carbocycles. The second-order valence-electron chi connectivity index (χ2n) is 7.57. The van der Waals surface area contributed by atoms with Crippen LogP contribution in [0.3, 0.4) is 0 Å². The van der Waals surface area contributed by atoms with Crippen LogP contribution in [0.1, 0.15) is 35.0 Å². The van der Waals surface area contributed by atoms with Crippen LogP contribution in [-0.4, -0.2) is 15.7 Å². The first-order valence-corrected chi connectivity index (χ1v) is 11.1. The fraction of sp³-hybridized carbons (Fsp3) is 0.240. The number of thioether (sulfide) groups is 1. The first-order chi connectivity index (χ1) is 14.8. The number of alkyl halides is 3. The number of nitrogens with zero attached hydrogens (tertiary/aromatic N) is 1. The minimum absolute atomic E-state index is 0.195. The van der Waals surface area contributed by atoms with Gasteiger partial charge in [0.2, 0.25) is 0 Å². The van der Waals surface area contributed by atoms with Gasteiger partial charge in [0, 0.05) is 11.3 Å². The molecule has 4 rings (SSSR count). The Hall–Kier alpha value is -2.73. The number of hydrogen-bond acceptors (Lipinski definition) is 2. The zero-order valence-corrected chi connectivity index (χ0v) is 18.4. The molecule has 0 unspecified atom stereocenters. The van der Waals surface area contributed by atoms with Gasteiger partial charge in [-0.3, -0.25) is 0 Å². The van der Waals surface area contributed by atoms with Crippen molar-refractivity contribution in [1.82, 2.24) is 9.97 Å². The average Bonchev–Trinajstić information content (AvgIpc) is 3.12. The predicted octanol–water partition coefficient (Wildman–Crippen LogP) is 7.57. The zero-order valence-electron chi connectivity index (χ0n) is 17.6. The topological polar surface area (TPSA) is 28.7 Å². The van der Waals surface area contributed by atoms with Crippen molar-refractivity contribution in [1.29, 1.82) is 0 Å². The standard InChI is InChI=1S/C25H23F3N2S/c1-4-31-18-11-9-17(10-12-18)14-22-29-21-13-15(2)23(16(3)24(21)30-22)19-7-5-6-8-20(19)25(26,27)28/h5-13H,4,14H2,1-3H3,(H,29,30). The van der Waals surface area contributed by atoms with Crippen molar-refractivity contribution in [2.45, 2.75) is 38.3 Å². The molecular weight excluding hydrogens is 417 g/mol. The third kappa shape index (κ3) is 4.35. The van der Waals surface area contributed by atoms with E-state index in [1.54, 1.807) is 17.8 Å². The number of aromatic nitrogens is 2. The van der Waals surface area contributed by atoms with Crippen LogP contribution in [0, 0.1) is 13.8 Å². The van der Waals surface area contributed by atoms with Crippen LogP contribution in [0.2, 0.25) is 0 Å². The molecule has 31 heavy (non-hydrogen) atoms. The summed E-state index contributed by atoms with van der Waals surface area (Å²) in [7, 11) is 0. The van der Waals surface area contributed by atoms with Crippen molar-refractivity contribution in [2.75, 3.05) is 5.75 Å². The number of hydrogen-bond donors (Lipinski definition) is 1. The quantitative estimate of drug-likeness (QED) is 0.324. The van der Waals surface area contributed by atoms with Crippen molar-refractivity contribution in [2.24, 2.45) is 0 Å². The second kappa shape index (κ2) is 8.42. The monoisotopic (exact) mass is 440 g/mol. The molecule has 2 nitrogen and oxygen atoms in total. The third-order valence-electron chi connectivity index (χ3n) is 5.37. The molecule has 0 aliphatic heterocycles. The van der Waals surface area contributed by atoms with Crippen LogP contribution >= 0.6 is 11.8 Å². The van der Waals surface area contributed by atoms with E-state index < -0.39 is 11.7 Å². The lowest BCUT2D eigenvalue weighted by Crippen LogP contribution is -2.08. The maximum Gasteiger partial charge on any atom is 0.417 e. The molecule has 1 heterocycles. The molecule has 0 radical (unpaired) electrons. The highest BCUT2D eigenvalue weighted by molar-refractivity contribution is 7.99. The Balaban J connectivity index is 1.75. The Bertz CT molecular complexity index is 1220. The summed E-state index contributed by atoms with van der Waals surface area (Å²) in [5, 5.41) is 0. The van der Waals surface area contributed by atoms with E-state index in [0.29, 0.717) is 17.5 Å². The van der Waals surface area contributed by atoms with E-state index in [1.807, 2.05) is 19.9 Å². The van der Waals surface area contributed by atoms with Gasteiger partial charge in [-0.15, -0.1) is 11.8 Å². The Morgan fingerprint density at radius 3 is 2.39 bits per heavy atom. The van der Waals surface area contributed by atoms with Gasteiger partial charge in [0.15, 0.2) is 0 Å². The summed E-state index contributed by atoms with van der Waals surface area (Å²) in [6.07, 6.45) is -3.78. The van der Waals surface area contributed by atoms with Crippen LogP contribution in [-0.2, 0) is 12.6 Å². The van der Waals surface area contributed by atoms with Crippen LogP contribution < -0.4 is 0 Å². The highest BCUT2D eigenvalue weighted by atomic mass is 32.2. The summed E-state index contributed by atoms with van der Waals surface area (Å²) >= 11 is 1.80. The lowest BCUT2D eigenvalue weighted by molar-refractivity contribution is -0.137. The molecule has 0 aliphatic rings. The first-order valence-electron chi connectivity index (χ1n) is 10.1. The Kier molecular flexibility index (Phi) is 5.84. The van der Waals surface area contributed by atoms with Gasteiger partial charge in [-0.1, -0.05) is 37.3 Å². The molecule has 1 aromatic heterocycles. The van der Waals surface area contributed by atoms with Crippen molar-refractivity contribution < 1.29 is 13.2 Å². The number of nitrogens with one attached hydrogen (secondary N) is 1. The fourth-order valence-electron chi connectivity index (χ4n) is 4.04. The molecule has 0 fully saturated rings. The van der Waals surface area contributed by atoms with Gasteiger partial charge in [0.1, 0.15) is 5.82 Å². The summed E-state index contributed by atoms with van der Waals surface area (Å²) in [5.74, 6) is 1.83. The molecule has 0 atom stereocenters. The smallest absolute Gasteiger partial charge is 0.342 e. The average molecular weight is 441 g/mol. The summed E-state index contributed by atoms with van der Waals surface area (Å²) in [6, 6.07) is 16.0. The molecule has 0 saturated heterocycles. The number of aromatic amines is 1. The van der Waals surface area contributed by atoms with Gasteiger partial charge in [-0.2, -0.15) is 13.2 Å². The van der Waals surface area contributed by atoms with E-state index >= 15 is 0 Å². The van der Waals surface area contributed by atoms with Crippen LogP contribution in [0.5, 0.6) is 0 Å².